The molecule has 14 heavy (non-hydrogen) atoms. The van der Waals surface area contributed by atoms with Crippen LogP contribution in [-0.4, -0.2) is 12.6 Å². The first kappa shape index (κ1) is 9.69. The first-order chi connectivity index (χ1) is 6.90. The molecule has 3 N–H and O–H groups in total. The first-order valence-electron chi connectivity index (χ1n) is 5.37. The summed E-state index contributed by atoms with van der Waals surface area (Å²) >= 11 is 0. The fourth-order valence-electron chi connectivity index (χ4n) is 1.79. The highest BCUT2D eigenvalue weighted by Crippen LogP contribution is 2.32. The molecule has 0 radical (unpaired) electrons. The fraction of sp³-hybridized carbons (Fsp3) is 0.500. The Labute approximate surface area is 85.5 Å². The summed E-state index contributed by atoms with van der Waals surface area (Å²) in [5.41, 5.74) is 7.05. The van der Waals surface area contributed by atoms with Gasteiger partial charge in [-0.1, -0.05) is 30.3 Å². The van der Waals surface area contributed by atoms with E-state index in [9.17, 15) is 0 Å². The van der Waals surface area contributed by atoms with Crippen LogP contribution in [0.15, 0.2) is 30.3 Å². The highest BCUT2D eigenvalue weighted by molar-refractivity contribution is 5.14. The minimum absolute atomic E-state index is 0.523. The maximum Gasteiger partial charge on any atom is 0.0221 e. The molecule has 2 nitrogen and oxygen atoms in total. The van der Waals surface area contributed by atoms with Crippen LogP contribution in [0.1, 0.15) is 18.4 Å². The van der Waals surface area contributed by atoms with Gasteiger partial charge in [0, 0.05) is 19.1 Å². The zero-order valence-electron chi connectivity index (χ0n) is 8.45. The van der Waals surface area contributed by atoms with E-state index in [4.69, 9.17) is 5.73 Å². The molecule has 1 aliphatic carbocycles. The Morgan fingerprint density at radius 1 is 1.29 bits per heavy atom. The summed E-state index contributed by atoms with van der Waals surface area (Å²) in [6.45, 7) is 1.71. The minimum Gasteiger partial charge on any atom is -0.329 e. The molecule has 1 fully saturated rings. The van der Waals surface area contributed by atoms with Crippen LogP contribution in [0.5, 0.6) is 0 Å². The van der Waals surface area contributed by atoms with Crippen LogP contribution >= 0.6 is 0 Å². The molecule has 0 bridgehead atoms. The number of benzene rings is 1. The van der Waals surface area contributed by atoms with E-state index in [0.717, 1.165) is 19.0 Å². The van der Waals surface area contributed by atoms with Gasteiger partial charge in [-0.05, 0) is 24.3 Å². The molecule has 0 aliphatic heterocycles. The molecule has 0 amide bonds. The molecule has 1 aliphatic rings. The van der Waals surface area contributed by atoms with Crippen LogP contribution in [0.3, 0.4) is 0 Å². The van der Waals surface area contributed by atoms with Gasteiger partial charge in [-0.15, -0.1) is 0 Å². The number of nitrogens with one attached hydrogen (secondary N) is 1. The van der Waals surface area contributed by atoms with Crippen molar-refractivity contribution in [3.63, 3.8) is 0 Å². The van der Waals surface area contributed by atoms with Crippen molar-refractivity contribution in [3.05, 3.63) is 35.9 Å². The van der Waals surface area contributed by atoms with Crippen molar-refractivity contribution in [2.24, 2.45) is 11.7 Å². The third-order valence-corrected chi connectivity index (χ3v) is 2.86. The highest BCUT2D eigenvalue weighted by Gasteiger charge is 2.29. The van der Waals surface area contributed by atoms with E-state index in [1.165, 1.54) is 18.4 Å². The summed E-state index contributed by atoms with van der Waals surface area (Å²) in [4.78, 5) is 0. The molecule has 0 spiro atoms. The van der Waals surface area contributed by atoms with E-state index in [1.807, 2.05) is 6.07 Å². The Kier molecular flexibility index (Phi) is 3.17. The lowest BCUT2D eigenvalue weighted by molar-refractivity contribution is 0.469. The van der Waals surface area contributed by atoms with Crippen LogP contribution in [0, 0.1) is 5.92 Å². The molecule has 1 aromatic carbocycles. The van der Waals surface area contributed by atoms with Gasteiger partial charge in [-0.3, -0.25) is 0 Å². The average Bonchev–Trinajstić information content (AvgIpc) is 3.05. The number of hydrogen-bond donors (Lipinski definition) is 2. The van der Waals surface area contributed by atoms with Crippen molar-refractivity contribution in [1.82, 2.24) is 5.32 Å². The van der Waals surface area contributed by atoms with Crippen molar-refractivity contribution in [2.75, 3.05) is 6.54 Å². The van der Waals surface area contributed by atoms with Gasteiger partial charge < -0.3 is 11.1 Å². The second-order valence-corrected chi connectivity index (χ2v) is 4.05. The predicted octanol–water partition coefficient (Wildman–Crippen LogP) is 1.51. The van der Waals surface area contributed by atoms with Gasteiger partial charge in [0.15, 0.2) is 0 Å². The second-order valence-electron chi connectivity index (χ2n) is 4.05. The molecule has 2 rings (SSSR count). The Morgan fingerprint density at radius 2 is 2.00 bits per heavy atom. The van der Waals surface area contributed by atoms with Crippen molar-refractivity contribution in [2.45, 2.75) is 25.4 Å². The molecular weight excluding hydrogens is 172 g/mol. The highest BCUT2D eigenvalue weighted by atomic mass is 14.9. The van der Waals surface area contributed by atoms with E-state index in [0.29, 0.717) is 6.04 Å². The van der Waals surface area contributed by atoms with Gasteiger partial charge in [0.2, 0.25) is 0 Å². The topological polar surface area (TPSA) is 38.0 Å². The third kappa shape index (κ3) is 2.56. The quantitative estimate of drug-likeness (QED) is 0.738. The Hall–Kier alpha value is -0.860. The van der Waals surface area contributed by atoms with Crippen molar-refractivity contribution in [1.29, 1.82) is 0 Å². The normalized spacial score (nSPS) is 18.1. The van der Waals surface area contributed by atoms with Gasteiger partial charge >= 0.3 is 0 Å². The summed E-state index contributed by atoms with van der Waals surface area (Å²) in [6, 6.07) is 11.0. The third-order valence-electron chi connectivity index (χ3n) is 2.86. The molecule has 1 aromatic rings. The van der Waals surface area contributed by atoms with Gasteiger partial charge in [-0.2, -0.15) is 0 Å². The Bertz CT molecular complexity index is 267. The lowest BCUT2D eigenvalue weighted by Gasteiger charge is -2.15. The SMILES string of the molecule is NCC(NCc1ccccc1)C1CC1. The van der Waals surface area contributed by atoms with Crippen molar-refractivity contribution < 1.29 is 0 Å². The molecule has 76 valence electrons. The molecule has 0 saturated heterocycles. The van der Waals surface area contributed by atoms with Crippen LogP contribution < -0.4 is 11.1 Å². The predicted molar refractivity (Wildman–Crippen MR) is 58.8 cm³/mol. The maximum absolute atomic E-state index is 5.72. The summed E-state index contributed by atoms with van der Waals surface area (Å²) in [5, 5.41) is 3.52. The van der Waals surface area contributed by atoms with Gasteiger partial charge in [0.25, 0.3) is 0 Å². The smallest absolute Gasteiger partial charge is 0.0221 e. The Morgan fingerprint density at radius 3 is 2.57 bits per heavy atom. The number of nitrogens with two attached hydrogens (primary N) is 1. The van der Waals surface area contributed by atoms with Crippen LogP contribution in [0.25, 0.3) is 0 Å². The summed E-state index contributed by atoms with van der Waals surface area (Å²) in [6.07, 6.45) is 2.70. The van der Waals surface area contributed by atoms with Crippen molar-refractivity contribution in [3.8, 4) is 0 Å². The molecule has 1 saturated carbocycles. The molecule has 2 heteroatoms. The van der Waals surface area contributed by atoms with Crippen LogP contribution in [0.4, 0.5) is 0 Å². The van der Waals surface area contributed by atoms with Gasteiger partial charge in [0.1, 0.15) is 0 Å². The summed E-state index contributed by atoms with van der Waals surface area (Å²) in [7, 11) is 0. The summed E-state index contributed by atoms with van der Waals surface area (Å²) in [5.74, 6) is 0.837. The lowest BCUT2D eigenvalue weighted by Crippen LogP contribution is -2.37. The van der Waals surface area contributed by atoms with Crippen LogP contribution in [0.2, 0.25) is 0 Å². The van der Waals surface area contributed by atoms with Crippen molar-refractivity contribution >= 4 is 0 Å². The molecule has 1 unspecified atom stereocenters. The zero-order chi connectivity index (χ0) is 9.80. The van der Waals surface area contributed by atoms with Gasteiger partial charge in [0.05, 0.1) is 0 Å². The van der Waals surface area contributed by atoms with E-state index >= 15 is 0 Å². The standard InChI is InChI=1S/C12H18N2/c13-8-12(11-6-7-11)14-9-10-4-2-1-3-5-10/h1-5,11-12,14H,6-9,13H2. The molecular formula is C12H18N2. The van der Waals surface area contributed by atoms with Crippen LogP contribution in [-0.2, 0) is 6.54 Å². The average molecular weight is 190 g/mol. The molecule has 0 heterocycles. The minimum atomic E-state index is 0.523. The number of hydrogen-bond acceptors (Lipinski definition) is 2. The van der Waals surface area contributed by atoms with Gasteiger partial charge in [-0.25, -0.2) is 0 Å². The van der Waals surface area contributed by atoms with E-state index in [-0.39, 0.29) is 0 Å². The monoisotopic (exact) mass is 190 g/mol. The lowest BCUT2D eigenvalue weighted by atomic mass is 10.1. The molecule has 0 aromatic heterocycles. The van der Waals surface area contributed by atoms with E-state index in [2.05, 4.69) is 29.6 Å². The number of rotatable bonds is 5. The maximum atomic E-state index is 5.72. The Balaban J connectivity index is 1.81. The first-order valence-corrected chi connectivity index (χ1v) is 5.37. The largest absolute Gasteiger partial charge is 0.329 e. The zero-order valence-corrected chi connectivity index (χ0v) is 8.45. The fourth-order valence-corrected chi connectivity index (χ4v) is 1.79. The summed E-state index contributed by atoms with van der Waals surface area (Å²) < 4.78 is 0. The molecule has 1 atom stereocenters. The van der Waals surface area contributed by atoms with E-state index in [1.54, 1.807) is 0 Å². The van der Waals surface area contributed by atoms with E-state index < -0.39 is 0 Å². The second kappa shape index (κ2) is 4.58.